The van der Waals surface area contributed by atoms with Crippen LogP contribution < -0.4 is 4.90 Å². The monoisotopic (exact) mass is 334 g/mol. The number of piperazine rings is 1. The highest BCUT2D eigenvalue weighted by Crippen LogP contribution is 2.30. The zero-order valence-electron chi connectivity index (χ0n) is 13.6. The molecule has 1 aromatic rings. The maximum Gasteiger partial charge on any atom is 0.434 e. The van der Waals surface area contributed by atoms with E-state index >= 15 is 0 Å². The van der Waals surface area contributed by atoms with E-state index in [9.17, 15) is 18.0 Å². The number of carbonyl (C=O) groups is 1. The molecule has 0 saturated carbocycles. The van der Waals surface area contributed by atoms with Crippen LogP contribution in [0.5, 0.6) is 0 Å². The van der Waals surface area contributed by atoms with Gasteiger partial charge < -0.3 is 19.1 Å². The lowest BCUT2D eigenvalue weighted by molar-refractivity contribution is -0.140. The Labute approximate surface area is 132 Å². The first-order valence-electron chi connectivity index (χ1n) is 7.31. The Bertz CT molecular complexity index is 570. The first-order chi connectivity index (χ1) is 10.5. The van der Waals surface area contributed by atoms with E-state index in [0.717, 1.165) is 6.20 Å². The molecule has 1 aliphatic heterocycles. The van der Waals surface area contributed by atoms with Gasteiger partial charge in [-0.3, -0.25) is 0 Å². The summed E-state index contributed by atoms with van der Waals surface area (Å²) in [5.74, 6) is 0.251. The van der Waals surface area contributed by atoms with Crippen molar-refractivity contribution in [3.8, 4) is 0 Å². The molecular formula is C14H21F3N4O2. The predicted octanol–water partition coefficient (Wildman–Crippen LogP) is 2.50. The van der Waals surface area contributed by atoms with Crippen molar-refractivity contribution in [2.24, 2.45) is 7.05 Å². The molecular weight excluding hydrogens is 313 g/mol. The van der Waals surface area contributed by atoms with E-state index in [1.165, 1.54) is 11.6 Å². The molecule has 1 fully saturated rings. The van der Waals surface area contributed by atoms with Gasteiger partial charge in [0.2, 0.25) is 5.95 Å². The van der Waals surface area contributed by atoms with E-state index in [1.54, 1.807) is 30.6 Å². The zero-order valence-corrected chi connectivity index (χ0v) is 13.6. The molecule has 6 nitrogen and oxygen atoms in total. The van der Waals surface area contributed by atoms with Gasteiger partial charge >= 0.3 is 12.3 Å². The number of imidazole rings is 1. The molecule has 0 radical (unpaired) electrons. The molecule has 0 aromatic carbocycles. The van der Waals surface area contributed by atoms with Gasteiger partial charge in [0, 0.05) is 39.4 Å². The van der Waals surface area contributed by atoms with Crippen molar-refractivity contribution in [1.29, 1.82) is 0 Å². The van der Waals surface area contributed by atoms with E-state index in [4.69, 9.17) is 4.74 Å². The second-order valence-electron chi connectivity index (χ2n) is 6.49. The van der Waals surface area contributed by atoms with Gasteiger partial charge in [-0.05, 0) is 20.8 Å². The first-order valence-corrected chi connectivity index (χ1v) is 7.31. The van der Waals surface area contributed by atoms with Crippen molar-refractivity contribution in [2.45, 2.75) is 32.5 Å². The Hall–Kier alpha value is -1.93. The third kappa shape index (κ3) is 4.29. The molecule has 1 aromatic heterocycles. The van der Waals surface area contributed by atoms with Gasteiger partial charge in [-0.15, -0.1) is 0 Å². The van der Waals surface area contributed by atoms with Gasteiger partial charge in [-0.2, -0.15) is 13.2 Å². The molecule has 130 valence electrons. The van der Waals surface area contributed by atoms with Gasteiger partial charge in [0.25, 0.3) is 0 Å². The van der Waals surface area contributed by atoms with Crippen molar-refractivity contribution >= 4 is 12.0 Å². The Morgan fingerprint density at radius 2 is 1.74 bits per heavy atom. The minimum atomic E-state index is -4.46. The third-order valence-electron chi connectivity index (χ3n) is 3.36. The Balaban J connectivity index is 2.00. The molecule has 2 rings (SSSR count). The van der Waals surface area contributed by atoms with Crippen LogP contribution in [0.15, 0.2) is 6.20 Å². The number of carbonyl (C=O) groups excluding carboxylic acids is 1. The van der Waals surface area contributed by atoms with E-state index in [1.807, 2.05) is 0 Å². The number of rotatable bonds is 1. The van der Waals surface area contributed by atoms with Crippen LogP contribution in [0.1, 0.15) is 26.5 Å². The van der Waals surface area contributed by atoms with Crippen LogP contribution in [-0.2, 0) is 18.0 Å². The van der Waals surface area contributed by atoms with Gasteiger partial charge in [-0.1, -0.05) is 0 Å². The van der Waals surface area contributed by atoms with Gasteiger partial charge in [0.05, 0.1) is 0 Å². The Kier molecular flexibility index (Phi) is 4.50. The molecule has 0 unspecified atom stereocenters. The lowest BCUT2D eigenvalue weighted by Gasteiger charge is -2.36. The molecule has 1 amide bonds. The molecule has 0 N–H and O–H groups in total. The highest BCUT2D eigenvalue weighted by atomic mass is 19.4. The summed E-state index contributed by atoms with van der Waals surface area (Å²) in [6.45, 7) is 6.92. The number of hydrogen-bond donors (Lipinski definition) is 0. The fourth-order valence-corrected chi connectivity index (χ4v) is 2.30. The lowest BCUT2D eigenvalue weighted by Crippen LogP contribution is -2.50. The van der Waals surface area contributed by atoms with Crippen LogP contribution in [0.3, 0.4) is 0 Å². The molecule has 1 aliphatic rings. The lowest BCUT2D eigenvalue weighted by atomic mass is 10.2. The number of halogens is 3. The molecule has 0 spiro atoms. The maximum atomic E-state index is 12.7. The summed E-state index contributed by atoms with van der Waals surface area (Å²) < 4.78 is 44.8. The molecule has 0 aliphatic carbocycles. The fraction of sp³-hybridized carbons (Fsp3) is 0.714. The van der Waals surface area contributed by atoms with Crippen molar-refractivity contribution in [3.63, 3.8) is 0 Å². The number of aromatic nitrogens is 2. The normalized spacial score (nSPS) is 16.7. The van der Waals surface area contributed by atoms with Crippen LogP contribution in [0.25, 0.3) is 0 Å². The van der Waals surface area contributed by atoms with E-state index < -0.39 is 23.6 Å². The second-order valence-corrected chi connectivity index (χ2v) is 6.49. The van der Waals surface area contributed by atoms with E-state index in [0.29, 0.717) is 26.2 Å². The average Bonchev–Trinajstić information content (AvgIpc) is 2.79. The maximum absolute atomic E-state index is 12.7. The fourth-order valence-electron chi connectivity index (χ4n) is 2.30. The van der Waals surface area contributed by atoms with E-state index in [2.05, 4.69) is 4.98 Å². The number of nitrogens with zero attached hydrogens (tertiary/aromatic N) is 4. The van der Waals surface area contributed by atoms with Crippen molar-refractivity contribution in [1.82, 2.24) is 14.5 Å². The predicted molar refractivity (Wildman–Crippen MR) is 78.2 cm³/mol. The number of anilines is 1. The number of alkyl halides is 3. The molecule has 2 heterocycles. The summed E-state index contributed by atoms with van der Waals surface area (Å²) in [5, 5.41) is 0. The zero-order chi connectivity index (χ0) is 17.4. The molecule has 1 saturated heterocycles. The molecule has 23 heavy (non-hydrogen) atoms. The first kappa shape index (κ1) is 17.4. The van der Waals surface area contributed by atoms with Crippen LogP contribution in [-0.4, -0.2) is 52.3 Å². The number of aryl methyl sites for hydroxylation is 1. The minimum Gasteiger partial charge on any atom is -0.444 e. The Morgan fingerprint density at radius 1 is 1.17 bits per heavy atom. The average molecular weight is 334 g/mol. The number of ether oxygens (including phenoxy) is 1. The molecule has 0 bridgehead atoms. The second kappa shape index (κ2) is 5.93. The summed E-state index contributed by atoms with van der Waals surface area (Å²) >= 11 is 0. The molecule has 9 heteroatoms. The smallest absolute Gasteiger partial charge is 0.434 e. The van der Waals surface area contributed by atoms with Crippen LogP contribution in [0.2, 0.25) is 0 Å². The minimum absolute atomic E-state index is 0.251. The summed E-state index contributed by atoms with van der Waals surface area (Å²) in [4.78, 5) is 18.9. The highest BCUT2D eigenvalue weighted by molar-refractivity contribution is 5.68. The topological polar surface area (TPSA) is 50.6 Å². The summed E-state index contributed by atoms with van der Waals surface area (Å²) in [5.41, 5.74) is -1.49. The summed E-state index contributed by atoms with van der Waals surface area (Å²) in [7, 11) is 1.53. The third-order valence-corrected chi connectivity index (χ3v) is 3.36. The van der Waals surface area contributed by atoms with Gasteiger partial charge in [0.1, 0.15) is 5.60 Å². The SMILES string of the molecule is Cn1cc(C(F)(F)F)nc1N1CCN(C(=O)OC(C)(C)C)CC1. The van der Waals surface area contributed by atoms with Gasteiger partial charge in [-0.25, -0.2) is 9.78 Å². The number of amides is 1. The number of hydrogen-bond acceptors (Lipinski definition) is 4. The van der Waals surface area contributed by atoms with Crippen molar-refractivity contribution in [2.75, 3.05) is 31.1 Å². The standard InChI is InChI=1S/C14H21F3N4O2/c1-13(2,3)23-12(22)21-7-5-20(6-8-21)11-18-10(9-19(11)4)14(15,16)17/h9H,5-8H2,1-4H3. The Morgan fingerprint density at radius 3 is 2.17 bits per heavy atom. The largest absolute Gasteiger partial charge is 0.444 e. The summed E-state index contributed by atoms with van der Waals surface area (Å²) in [6.07, 6.45) is -3.91. The van der Waals surface area contributed by atoms with Crippen LogP contribution >= 0.6 is 0 Å². The highest BCUT2D eigenvalue weighted by Gasteiger charge is 2.36. The van der Waals surface area contributed by atoms with Crippen molar-refractivity contribution in [3.05, 3.63) is 11.9 Å². The van der Waals surface area contributed by atoms with E-state index in [-0.39, 0.29) is 5.95 Å². The molecule has 0 atom stereocenters. The van der Waals surface area contributed by atoms with Crippen LogP contribution in [0.4, 0.5) is 23.9 Å². The van der Waals surface area contributed by atoms with Crippen molar-refractivity contribution < 1.29 is 22.7 Å². The summed E-state index contributed by atoms with van der Waals surface area (Å²) in [6, 6.07) is 0. The van der Waals surface area contributed by atoms with Crippen LogP contribution in [0, 0.1) is 0 Å². The van der Waals surface area contributed by atoms with Gasteiger partial charge in [0.15, 0.2) is 5.69 Å². The quantitative estimate of drug-likeness (QED) is 0.792.